The van der Waals surface area contributed by atoms with Gasteiger partial charge in [0.1, 0.15) is 18.2 Å². The minimum absolute atomic E-state index is 0.131. The Kier molecular flexibility index (Phi) is 6.49. The van der Waals surface area contributed by atoms with E-state index >= 15 is 0 Å². The Bertz CT molecular complexity index is 2440. The Morgan fingerprint density at radius 1 is 0.592 bits per heavy atom. The lowest BCUT2D eigenvalue weighted by Gasteiger charge is -2.34. The molecular formula is C45H34N4. The number of amidine groups is 1. The van der Waals surface area contributed by atoms with E-state index in [-0.39, 0.29) is 24.3 Å². The highest BCUT2D eigenvalue weighted by Gasteiger charge is 2.42. The van der Waals surface area contributed by atoms with Gasteiger partial charge in [-0.1, -0.05) is 152 Å². The van der Waals surface area contributed by atoms with E-state index in [9.17, 15) is 0 Å². The predicted molar refractivity (Wildman–Crippen MR) is 202 cm³/mol. The van der Waals surface area contributed by atoms with Crippen molar-refractivity contribution in [2.45, 2.75) is 24.3 Å². The maximum absolute atomic E-state index is 5.30. The van der Waals surface area contributed by atoms with E-state index in [0.717, 1.165) is 22.6 Å². The summed E-state index contributed by atoms with van der Waals surface area (Å²) in [6.07, 6.45) is 4.37. The molecule has 3 aliphatic rings. The Morgan fingerprint density at radius 3 is 2.20 bits per heavy atom. The van der Waals surface area contributed by atoms with E-state index in [1.54, 1.807) is 0 Å². The second kappa shape index (κ2) is 11.3. The summed E-state index contributed by atoms with van der Waals surface area (Å²) in [5.74, 6) is 1.12. The van der Waals surface area contributed by atoms with E-state index in [0.29, 0.717) is 0 Å². The summed E-state index contributed by atoms with van der Waals surface area (Å²) < 4.78 is 0. The molecule has 2 N–H and O–H groups in total. The van der Waals surface area contributed by atoms with E-state index in [2.05, 4.69) is 185 Å². The van der Waals surface area contributed by atoms with Crippen LogP contribution in [0.15, 0.2) is 169 Å². The summed E-state index contributed by atoms with van der Waals surface area (Å²) >= 11 is 0. The molecule has 2 aliphatic heterocycles. The third-order valence-electron chi connectivity index (χ3n) is 10.5. The van der Waals surface area contributed by atoms with Crippen LogP contribution in [0.5, 0.6) is 0 Å². The highest BCUT2D eigenvalue weighted by molar-refractivity contribution is 6.02. The fourth-order valence-electron chi connectivity index (χ4n) is 8.27. The largest absolute Gasteiger partial charge is 0.350 e. The second-order valence-electron chi connectivity index (χ2n) is 13.2. The molecule has 10 rings (SSSR count). The lowest BCUT2D eigenvalue weighted by molar-refractivity contribution is 0.411. The molecule has 4 atom stereocenters. The Morgan fingerprint density at radius 2 is 1.31 bits per heavy atom. The van der Waals surface area contributed by atoms with Crippen molar-refractivity contribution in [2.24, 2.45) is 4.99 Å². The molecule has 0 radical (unpaired) electrons. The minimum Gasteiger partial charge on any atom is -0.350 e. The monoisotopic (exact) mass is 630 g/mol. The number of hydrogen-bond donors (Lipinski definition) is 2. The summed E-state index contributed by atoms with van der Waals surface area (Å²) in [5, 5.41) is 12.7. The molecule has 234 valence electrons. The molecule has 0 bridgehead atoms. The summed E-state index contributed by atoms with van der Waals surface area (Å²) in [5.41, 5.74) is 9.93. The van der Waals surface area contributed by atoms with Crippen molar-refractivity contribution >= 4 is 44.8 Å². The molecule has 7 aromatic carbocycles. The fraction of sp³-hybridized carbons (Fsp3) is 0.0889. The lowest BCUT2D eigenvalue weighted by atomic mass is 9.80. The average Bonchev–Trinajstić information content (AvgIpc) is 3.53. The summed E-state index contributed by atoms with van der Waals surface area (Å²) in [4.78, 5) is 7.85. The predicted octanol–water partition coefficient (Wildman–Crippen LogP) is 10.0. The van der Waals surface area contributed by atoms with E-state index in [4.69, 9.17) is 4.99 Å². The van der Waals surface area contributed by atoms with Gasteiger partial charge in [-0.2, -0.15) is 0 Å². The maximum Gasteiger partial charge on any atom is 0.131 e. The smallest absolute Gasteiger partial charge is 0.131 e. The standard InChI is InChI=1S/C45H34N4/c1-2-15-32(16-3-1)43-46-44(48-45(47-43)38-23-11-17-29-12-4-7-20-35(29)38)33-18-10-19-34(28-33)49-39-26-24-30-13-5-8-21-36(30)41(39)42-37-22-9-6-14-31(37)25-27-40(42)49/h1-28,39,41,43,45,47H,(H,46,48). The molecular weight excluding hydrogens is 597 g/mol. The van der Waals surface area contributed by atoms with Crippen LogP contribution < -0.4 is 15.5 Å². The molecule has 2 heterocycles. The fourth-order valence-corrected chi connectivity index (χ4v) is 8.27. The van der Waals surface area contributed by atoms with Gasteiger partial charge in [0.2, 0.25) is 0 Å². The number of benzene rings is 7. The molecule has 4 unspecified atom stereocenters. The Labute approximate surface area is 286 Å². The average molecular weight is 631 g/mol. The summed E-state index contributed by atoms with van der Waals surface area (Å²) in [7, 11) is 0. The van der Waals surface area contributed by atoms with Crippen LogP contribution in [-0.4, -0.2) is 11.9 Å². The number of aliphatic imine (C=N–C) groups is 1. The van der Waals surface area contributed by atoms with Crippen molar-refractivity contribution in [3.05, 3.63) is 197 Å². The molecule has 4 heteroatoms. The SMILES string of the molecule is C1=CC2C(c3ccccc31)c1c(ccc3ccccc13)N2c1cccc(C2=NC(c3ccccc3)NC(c3cccc4ccccc34)N2)c1. The zero-order valence-corrected chi connectivity index (χ0v) is 26.9. The van der Waals surface area contributed by atoms with Crippen LogP contribution in [-0.2, 0) is 0 Å². The van der Waals surface area contributed by atoms with Crippen LogP contribution in [0.1, 0.15) is 51.6 Å². The normalized spacial score (nSPS) is 20.7. The number of rotatable bonds is 4. The molecule has 49 heavy (non-hydrogen) atoms. The quantitative estimate of drug-likeness (QED) is 0.203. The van der Waals surface area contributed by atoms with Crippen molar-refractivity contribution < 1.29 is 0 Å². The highest BCUT2D eigenvalue weighted by atomic mass is 15.3. The molecule has 1 aliphatic carbocycles. The highest BCUT2D eigenvalue weighted by Crippen LogP contribution is 2.53. The molecule has 0 aromatic heterocycles. The van der Waals surface area contributed by atoms with Crippen molar-refractivity contribution in [3.63, 3.8) is 0 Å². The molecule has 7 aromatic rings. The van der Waals surface area contributed by atoms with Gasteiger partial charge in [0.15, 0.2) is 0 Å². The third-order valence-corrected chi connectivity index (χ3v) is 10.5. The third kappa shape index (κ3) is 4.60. The van der Waals surface area contributed by atoms with Crippen molar-refractivity contribution in [1.82, 2.24) is 10.6 Å². The van der Waals surface area contributed by atoms with E-state index in [1.807, 2.05) is 0 Å². The van der Waals surface area contributed by atoms with Crippen LogP contribution in [0.4, 0.5) is 11.4 Å². The van der Waals surface area contributed by atoms with Crippen molar-refractivity contribution in [2.75, 3.05) is 4.90 Å². The van der Waals surface area contributed by atoms with Gasteiger partial charge < -0.3 is 10.2 Å². The van der Waals surface area contributed by atoms with Gasteiger partial charge in [-0.3, -0.25) is 5.32 Å². The molecule has 0 saturated heterocycles. The second-order valence-corrected chi connectivity index (χ2v) is 13.2. The van der Waals surface area contributed by atoms with Crippen LogP contribution in [0, 0.1) is 0 Å². The number of anilines is 2. The van der Waals surface area contributed by atoms with Crippen LogP contribution in [0.25, 0.3) is 27.6 Å². The first-order valence-corrected chi connectivity index (χ1v) is 17.1. The first-order chi connectivity index (χ1) is 24.3. The molecule has 0 fully saturated rings. The summed E-state index contributed by atoms with van der Waals surface area (Å²) in [6.45, 7) is 0. The Hall–Kier alpha value is -5.97. The number of nitrogens with one attached hydrogen (secondary N) is 2. The van der Waals surface area contributed by atoms with Gasteiger partial charge in [-0.15, -0.1) is 0 Å². The van der Waals surface area contributed by atoms with Gasteiger partial charge in [0.05, 0.1) is 6.04 Å². The summed E-state index contributed by atoms with van der Waals surface area (Å²) in [6, 6.07) is 57.1. The zero-order chi connectivity index (χ0) is 32.3. The van der Waals surface area contributed by atoms with Gasteiger partial charge in [-0.25, -0.2) is 4.99 Å². The number of fused-ring (bicyclic) bond motifs is 8. The van der Waals surface area contributed by atoms with Crippen molar-refractivity contribution in [3.8, 4) is 0 Å². The molecule has 0 amide bonds. The van der Waals surface area contributed by atoms with Crippen LogP contribution >= 0.6 is 0 Å². The van der Waals surface area contributed by atoms with Gasteiger partial charge >= 0.3 is 0 Å². The van der Waals surface area contributed by atoms with Gasteiger partial charge in [0.25, 0.3) is 0 Å². The van der Waals surface area contributed by atoms with Crippen molar-refractivity contribution in [1.29, 1.82) is 0 Å². The van der Waals surface area contributed by atoms with E-state index in [1.165, 1.54) is 49.5 Å². The first kappa shape index (κ1) is 28.1. The van der Waals surface area contributed by atoms with E-state index < -0.39 is 0 Å². The minimum atomic E-state index is -0.203. The molecule has 0 spiro atoms. The number of hydrogen-bond acceptors (Lipinski definition) is 4. The lowest BCUT2D eigenvalue weighted by Crippen LogP contribution is -2.45. The first-order valence-electron chi connectivity index (χ1n) is 17.1. The number of nitrogens with zero attached hydrogens (tertiary/aromatic N) is 2. The van der Waals surface area contributed by atoms with Gasteiger partial charge in [-0.05, 0) is 67.6 Å². The maximum atomic E-state index is 5.30. The molecule has 4 nitrogen and oxygen atoms in total. The van der Waals surface area contributed by atoms with Crippen LogP contribution in [0.2, 0.25) is 0 Å². The topological polar surface area (TPSA) is 39.7 Å². The molecule has 0 saturated carbocycles. The Balaban J connectivity index is 1.10. The zero-order valence-electron chi connectivity index (χ0n) is 26.9. The van der Waals surface area contributed by atoms with Crippen LogP contribution in [0.3, 0.4) is 0 Å². The van der Waals surface area contributed by atoms with Gasteiger partial charge in [0, 0.05) is 22.9 Å².